The van der Waals surface area contributed by atoms with Crippen LogP contribution in [0.1, 0.15) is 54.4 Å². The van der Waals surface area contributed by atoms with Crippen molar-refractivity contribution < 1.29 is 0 Å². The highest BCUT2D eigenvalue weighted by Gasteiger charge is 2.27. The molecule has 1 N–H and O–H groups in total. The summed E-state index contributed by atoms with van der Waals surface area (Å²) < 4.78 is 0. The van der Waals surface area contributed by atoms with Crippen molar-refractivity contribution >= 4 is 0 Å². The van der Waals surface area contributed by atoms with Gasteiger partial charge in [0.25, 0.3) is 0 Å². The van der Waals surface area contributed by atoms with E-state index in [0.29, 0.717) is 11.5 Å². The van der Waals surface area contributed by atoms with Crippen molar-refractivity contribution in [3.63, 3.8) is 0 Å². The normalized spacial score (nSPS) is 12.8. The summed E-state index contributed by atoms with van der Waals surface area (Å²) >= 11 is 0. The summed E-state index contributed by atoms with van der Waals surface area (Å²) in [5, 5.41) is 3.62. The lowest BCUT2D eigenvalue weighted by Crippen LogP contribution is -2.45. The van der Waals surface area contributed by atoms with Crippen molar-refractivity contribution in [2.24, 2.45) is 5.41 Å². The van der Waals surface area contributed by atoms with Gasteiger partial charge in [-0.2, -0.15) is 0 Å². The molecule has 0 unspecified atom stereocenters. The Balaban J connectivity index is 4.41. The molecule has 98 valence electrons. The van der Waals surface area contributed by atoms with E-state index in [1.165, 1.54) is 32.5 Å². The molecule has 0 fully saturated rings. The van der Waals surface area contributed by atoms with Gasteiger partial charge < -0.3 is 10.2 Å². The van der Waals surface area contributed by atoms with Crippen LogP contribution in [-0.2, 0) is 0 Å². The van der Waals surface area contributed by atoms with Crippen LogP contribution < -0.4 is 5.32 Å². The predicted molar refractivity (Wildman–Crippen MR) is 73.9 cm³/mol. The number of rotatable bonds is 9. The van der Waals surface area contributed by atoms with Crippen molar-refractivity contribution in [2.45, 2.75) is 60.4 Å². The maximum Gasteiger partial charge on any atom is 0.00497 e. The topological polar surface area (TPSA) is 15.3 Å². The zero-order valence-corrected chi connectivity index (χ0v) is 12.3. The molecule has 0 rings (SSSR count). The molecule has 0 bridgehead atoms. The van der Waals surface area contributed by atoms with Crippen LogP contribution in [0.4, 0.5) is 0 Å². The first kappa shape index (κ1) is 15.9. The Hall–Kier alpha value is -0.0800. The zero-order valence-electron chi connectivity index (χ0n) is 12.3. The molecule has 0 aromatic carbocycles. The summed E-state index contributed by atoms with van der Waals surface area (Å²) in [6, 6.07) is 0.592. The lowest BCUT2D eigenvalue weighted by Gasteiger charge is -2.37. The molecule has 0 aromatic heterocycles. The Kier molecular flexibility index (Phi) is 8.04. The van der Waals surface area contributed by atoms with Crippen LogP contribution >= 0.6 is 0 Å². The average Bonchev–Trinajstić information content (AvgIpc) is 2.30. The maximum atomic E-state index is 3.62. The molecule has 0 aromatic rings. The highest BCUT2D eigenvalue weighted by molar-refractivity contribution is 4.83. The second-order valence-corrected chi connectivity index (χ2v) is 5.20. The van der Waals surface area contributed by atoms with Gasteiger partial charge in [-0.05, 0) is 31.3 Å². The van der Waals surface area contributed by atoms with Crippen LogP contribution in [-0.4, -0.2) is 37.1 Å². The summed E-state index contributed by atoms with van der Waals surface area (Å²) in [5.41, 5.74) is 0.455. The van der Waals surface area contributed by atoms with Crippen LogP contribution in [0.2, 0.25) is 0 Å². The van der Waals surface area contributed by atoms with Gasteiger partial charge in [0, 0.05) is 19.1 Å². The molecule has 0 radical (unpaired) electrons. The molecule has 0 atom stereocenters. The van der Waals surface area contributed by atoms with Gasteiger partial charge in [0.1, 0.15) is 0 Å². The molecule has 0 heterocycles. The van der Waals surface area contributed by atoms with Gasteiger partial charge in [0.05, 0.1) is 0 Å². The van der Waals surface area contributed by atoms with Crippen molar-refractivity contribution in [1.29, 1.82) is 0 Å². The minimum absolute atomic E-state index is 0.455. The quantitative estimate of drug-likeness (QED) is 0.652. The minimum atomic E-state index is 0.455. The van der Waals surface area contributed by atoms with Gasteiger partial charge >= 0.3 is 0 Å². The SMILES string of the molecule is CCN(CC)CC(CC)(CC)CNC(C)C. The van der Waals surface area contributed by atoms with Crippen molar-refractivity contribution in [3.8, 4) is 0 Å². The first-order valence-electron chi connectivity index (χ1n) is 6.99. The van der Waals surface area contributed by atoms with Gasteiger partial charge in [-0.3, -0.25) is 0 Å². The molecule has 0 saturated heterocycles. The second-order valence-electron chi connectivity index (χ2n) is 5.20. The highest BCUT2D eigenvalue weighted by Crippen LogP contribution is 2.27. The summed E-state index contributed by atoms with van der Waals surface area (Å²) in [5.74, 6) is 0. The first-order valence-corrected chi connectivity index (χ1v) is 6.99. The molecule has 0 aliphatic heterocycles. The van der Waals surface area contributed by atoms with E-state index < -0.39 is 0 Å². The summed E-state index contributed by atoms with van der Waals surface area (Å²) in [6.45, 7) is 18.3. The highest BCUT2D eigenvalue weighted by atomic mass is 15.1. The number of hydrogen-bond donors (Lipinski definition) is 1. The molecule has 0 aliphatic rings. The molecule has 2 nitrogen and oxygen atoms in total. The van der Waals surface area contributed by atoms with E-state index in [1.807, 2.05) is 0 Å². The Morgan fingerprint density at radius 1 is 1.00 bits per heavy atom. The fourth-order valence-corrected chi connectivity index (χ4v) is 2.12. The molecule has 2 heteroatoms. The Morgan fingerprint density at radius 3 is 1.81 bits per heavy atom. The molecule has 0 amide bonds. The van der Waals surface area contributed by atoms with Crippen LogP contribution in [0.25, 0.3) is 0 Å². The van der Waals surface area contributed by atoms with Crippen LogP contribution in [0.15, 0.2) is 0 Å². The van der Waals surface area contributed by atoms with Gasteiger partial charge in [0.15, 0.2) is 0 Å². The zero-order chi connectivity index (χ0) is 12.6. The monoisotopic (exact) mass is 228 g/mol. The number of nitrogens with one attached hydrogen (secondary N) is 1. The minimum Gasteiger partial charge on any atom is -0.314 e. The smallest absolute Gasteiger partial charge is 0.00497 e. The summed E-state index contributed by atoms with van der Waals surface area (Å²) in [7, 11) is 0. The van der Waals surface area contributed by atoms with E-state index >= 15 is 0 Å². The Labute approximate surface area is 103 Å². The van der Waals surface area contributed by atoms with Gasteiger partial charge in [-0.25, -0.2) is 0 Å². The second kappa shape index (κ2) is 8.08. The lowest BCUT2D eigenvalue weighted by atomic mass is 9.81. The fraction of sp³-hybridized carbons (Fsp3) is 1.00. The molecule has 0 spiro atoms. The molecular formula is C14H32N2. The lowest BCUT2D eigenvalue weighted by molar-refractivity contribution is 0.141. The van der Waals surface area contributed by atoms with Crippen LogP contribution in [0, 0.1) is 5.41 Å². The third kappa shape index (κ3) is 5.31. The molecular weight excluding hydrogens is 196 g/mol. The summed E-state index contributed by atoms with van der Waals surface area (Å²) in [6.07, 6.45) is 2.53. The fourth-order valence-electron chi connectivity index (χ4n) is 2.12. The van der Waals surface area contributed by atoms with E-state index in [2.05, 4.69) is 51.8 Å². The van der Waals surface area contributed by atoms with E-state index in [1.54, 1.807) is 0 Å². The third-order valence-electron chi connectivity index (χ3n) is 3.84. The Morgan fingerprint density at radius 2 is 1.50 bits per heavy atom. The van der Waals surface area contributed by atoms with Crippen LogP contribution in [0.3, 0.4) is 0 Å². The Bertz CT molecular complexity index is 158. The largest absolute Gasteiger partial charge is 0.314 e. The standard InChI is InChI=1S/C14H32N2/c1-7-14(8-2,11-15-13(5)6)12-16(9-3)10-4/h13,15H,7-12H2,1-6H3. The summed E-state index contributed by atoms with van der Waals surface area (Å²) in [4.78, 5) is 2.55. The van der Waals surface area contributed by atoms with Gasteiger partial charge in [-0.1, -0.05) is 41.5 Å². The molecule has 16 heavy (non-hydrogen) atoms. The van der Waals surface area contributed by atoms with Crippen molar-refractivity contribution in [2.75, 3.05) is 26.2 Å². The van der Waals surface area contributed by atoms with Crippen molar-refractivity contribution in [1.82, 2.24) is 10.2 Å². The van der Waals surface area contributed by atoms with Crippen LogP contribution in [0.5, 0.6) is 0 Å². The first-order chi connectivity index (χ1) is 7.53. The van der Waals surface area contributed by atoms with E-state index in [9.17, 15) is 0 Å². The average molecular weight is 228 g/mol. The maximum absolute atomic E-state index is 3.62. The predicted octanol–water partition coefficient (Wildman–Crippen LogP) is 3.13. The molecule has 0 saturated carbocycles. The molecule has 0 aliphatic carbocycles. The van der Waals surface area contributed by atoms with E-state index in [0.717, 1.165) is 6.54 Å². The third-order valence-corrected chi connectivity index (χ3v) is 3.84. The van der Waals surface area contributed by atoms with E-state index in [4.69, 9.17) is 0 Å². The number of nitrogens with zero attached hydrogens (tertiary/aromatic N) is 1. The van der Waals surface area contributed by atoms with Gasteiger partial charge in [-0.15, -0.1) is 0 Å². The number of hydrogen-bond acceptors (Lipinski definition) is 2. The van der Waals surface area contributed by atoms with E-state index in [-0.39, 0.29) is 0 Å². The van der Waals surface area contributed by atoms with Crippen molar-refractivity contribution in [3.05, 3.63) is 0 Å². The van der Waals surface area contributed by atoms with Gasteiger partial charge in [0.2, 0.25) is 0 Å².